The number of aromatic nitrogens is 4. The molecule has 2 fully saturated rings. The lowest BCUT2D eigenvalue weighted by atomic mass is 9.56. The van der Waals surface area contributed by atoms with Gasteiger partial charge in [-0.05, 0) is 184 Å². The van der Waals surface area contributed by atoms with Crippen LogP contribution >= 0.6 is 0 Å². The monoisotopic (exact) mass is 920 g/mol. The fraction of sp³-hybridized carbons (Fsp3) is 0.440. The van der Waals surface area contributed by atoms with Crippen LogP contribution in [0.3, 0.4) is 0 Å². The quantitative estimate of drug-likeness (QED) is 0.127. The molecule has 10 rings (SSSR count). The van der Waals surface area contributed by atoms with E-state index in [1.54, 1.807) is 46.0 Å². The first-order valence-corrected chi connectivity index (χ1v) is 22.3. The molecule has 0 saturated heterocycles. The Hall–Kier alpha value is -5.48. The van der Waals surface area contributed by atoms with Crippen LogP contribution in [-0.4, -0.2) is 65.9 Å². The van der Waals surface area contributed by atoms with E-state index in [4.69, 9.17) is 0 Å². The van der Waals surface area contributed by atoms with Gasteiger partial charge in [0.15, 0.2) is 11.2 Å². The number of benzene rings is 4. The number of fused-ring (bicyclic) bond motifs is 8. The van der Waals surface area contributed by atoms with Gasteiger partial charge in [-0.1, -0.05) is 0 Å². The van der Waals surface area contributed by atoms with Gasteiger partial charge in [0, 0.05) is 34.4 Å². The van der Waals surface area contributed by atoms with Crippen LogP contribution < -0.4 is 0 Å². The van der Waals surface area contributed by atoms with Gasteiger partial charge in [0.2, 0.25) is 0 Å². The van der Waals surface area contributed by atoms with Crippen LogP contribution in [0, 0.1) is 23.5 Å². The molecule has 2 heterocycles. The van der Waals surface area contributed by atoms with Crippen molar-refractivity contribution in [1.29, 1.82) is 0 Å². The Labute approximate surface area is 374 Å². The highest BCUT2D eigenvalue weighted by atomic mass is 19.4. The molecule has 16 heteroatoms. The third kappa shape index (κ3) is 7.71. The van der Waals surface area contributed by atoms with Crippen LogP contribution in [0.2, 0.25) is 0 Å². The topological polar surface area (TPSA) is 110 Å². The second-order valence-corrected chi connectivity index (χ2v) is 18.9. The number of nitrogens with zero attached hydrogens (tertiary/aromatic N) is 4. The lowest BCUT2D eigenvalue weighted by molar-refractivity contribution is -0.279. The Kier molecular flexibility index (Phi) is 11.5. The van der Waals surface area contributed by atoms with Gasteiger partial charge >= 0.3 is 12.4 Å². The summed E-state index contributed by atoms with van der Waals surface area (Å²) in [6, 6.07) is 19.9. The normalized spacial score (nSPS) is 27.6. The first kappa shape index (κ1) is 45.7. The Morgan fingerprint density at radius 3 is 1.32 bits per heavy atom. The molecule has 0 bridgehead atoms. The second kappa shape index (κ2) is 16.7. The fourth-order valence-corrected chi connectivity index (χ4v) is 11.9. The lowest BCUT2D eigenvalue weighted by Gasteiger charge is -2.50. The minimum Gasteiger partial charge on any atom is -0.380 e. The van der Waals surface area contributed by atoms with Crippen molar-refractivity contribution in [2.45, 2.75) is 124 Å². The fourth-order valence-electron chi connectivity index (χ4n) is 11.9. The van der Waals surface area contributed by atoms with Crippen LogP contribution in [0.15, 0.2) is 85.2 Å². The van der Waals surface area contributed by atoms with Crippen molar-refractivity contribution in [3.63, 3.8) is 0 Å². The predicted molar refractivity (Wildman–Crippen MR) is 229 cm³/mol. The van der Waals surface area contributed by atoms with Crippen molar-refractivity contribution in [2.75, 3.05) is 0 Å². The van der Waals surface area contributed by atoms with Crippen molar-refractivity contribution in [3.05, 3.63) is 119 Å². The van der Waals surface area contributed by atoms with Crippen molar-refractivity contribution < 1.29 is 54.9 Å². The minimum atomic E-state index is -4.70. The van der Waals surface area contributed by atoms with Gasteiger partial charge in [-0.15, -0.1) is 0 Å². The molecule has 0 spiro atoms. The molecule has 6 atom stereocenters. The number of aldehydes is 2. The molecule has 0 amide bonds. The SMILES string of the molecule is O=CC[C@@]12CC[C@](O)(C(F)(F)F)C[C@H]1CCCc1cc3c(cnn3-c3ccc(F)cc3)cc12.O=CC[C@]12CC[C@@](O)(C(F)(F)F)C[C@@H]1CCCc1cc3c(cnn3-c3ccc(F)cc3)cc12. The number of carbonyl (C=O) groups excluding carboxylic acids is 2. The predicted octanol–water partition coefficient (Wildman–Crippen LogP) is 10.8. The first-order valence-electron chi connectivity index (χ1n) is 22.3. The summed E-state index contributed by atoms with van der Waals surface area (Å²) >= 11 is 0. The first-order chi connectivity index (χ1) is 31.3. The standard InChI is InChI=1S/2C25H24F4N2O2/c2*26-19-4-6-20(7-5-19)31-22-13-16-2-1-3-18-14-24(33,25(27,28)29)9-8-23(18,10-11-32)21(16)12-17(22)15-30-31/h2*4-7,11-13,15,18,33H,1-3,8-10,14H2/t2*18-,23+,24-/m10/s1. The van der Waals surface area contributed by atoms with Gasteiger partial charge in [0.25, 0.3) is 0 Å². The number of halogens is 8. The van der Waals surface area contributed by atoms with Gasteiger partial charge in [-0.25, -0.2) is 18.1 Å². The summed E-state index contributed by atoms with van der Waals surface area (Å²) < 4.78 is 112. The highest BCUT2D eigenvalue weighted by Gasteiger charge is 2.62. The summed E-state index contributed by atoms with van der Waals surface area (Å²) in [4.78, 5) is 23.5. The molecule has 0 aliphatic heterocycles. The number of aryl methyl sites for hydroxylation is 2. The molecule has 8 nitrogen and oxygen atoms in total. The summed E-state index contributed by atoms with van der Waals surface area (Å²) in [6.45, 7) is 0. The number of hydrogen-bond donors (Lipinski definition) is 2. The molecule has 4 aliphatic rings. The van der Waals surface area contributed by atoms with E-state index in [1.165, 1.54) is 24.3 Å². The minimum absolute atomic E-state index is 0.0943. The summed E-state index contributed by atoms with van der Waals surface area (Å²) in [5, 5.41) is 31.4. The van der Waals surface area contributed by atoms with Crippen LogP contribution in [0.1, 0.15) is 99.3 Å². The van der Waals surface area contributed by atoms with Crippen molar-refractivity contribution >= 4 is 34.4 Å². The maximum Gasteiger partial charge on any atom is 0.417 e. The maximum absolute atomic E-state index is 13.6. The Bertz CT molecular complexity index is 2600. The zero-order valence-corrected chi connectivity index (χ0v) is 35.8. The van der Waals surface area contributed by atoms with E-state index in [-0.39, 0.29) is 37.3 Å². The van der Waals surface area contributed by atoms with E-state index in [9.17, 15) is 54.9 Å². The lowest BCUT2D eigenvalue weighted by Crippen LogP contribution is -2.55. The smallest absolute Gasteiger partial charge is 0.380 e. The van der Waals surface area contributed by atoms with Crippen molar-refractivity contribution in [1.82, 2.24) is 19.6 Å². The number of hydrogen-bond acceptors (Lipinski definition) is 6. The number of alkyl halides is 6. The summed E-state index contributed by atoms with van der Waals surface area (Å²) in [5.74, 6) is -1.59. The van der Waals surface area contributed by atoms with E-state index in [0.717, 1.165) is 56.6 Å². The summed E-state index contributed by atoms with van der Waals surface area (Å²) in [7, 11) is 0. The molecule has 2 saturated carbocycles. The van der Waals surface area contributed by atoms with E-state index in [0.29, 0.717) is 49.9 Å². The third-order valence-corrected chi connectivity index (χ3v) is 15.4. The Balaban J connectivity index is 0.000000166. The van der Waals surface area contributed by atoms with Crippen molar-refractivity contribution in [2.24, 2.45) is 11.8 Å². The van der Waals surface area contributed by atoms with Gasteiger partial charge in [-0.3, -0.25) is 0 Å². The number of rotatable bonds is 6. The molecule has 4 aliphatic carbocycles. The van der Waals surface area contributed by atoms with E-state index < -0.39 is 71.9 Å². The molecule has 0 unspecified atom stereocenters. The zero-order valence-electron chi connectivity index (χ0n) is 35.8. The zero-order chi connectivity index (χ0) is 46.9. The Morgan fingerprint density at radius 2 is 0.970 bits per heavy atom. The number of carbonyl (C=O) groups is 2. The van der Waals surface area contributed by atoms with E-state index in [2.05, 4.69) is 10.2 Å². The molecule has 2 aromatic heterocycles. The molecule has 348 valence electrons. The van der Waals surface area contributed by atoms with Crippen LogP contribution in [0.5, 0.6) is 0 Å². The van der Waals surface area contributed by atoms with Gasteiger partial charge in [-0.2, -0.15) is 36.5 Å². The highest BCUT2D eigenvalue weighted by molar-refractivity contribution is 5.84. The largest absolute Gasteiger partial charge is 0.417 e. The summed E-state index contributed by atoms with van der Waals surface area (Å²) in [6.07, 6.45) is -1.93. The van der Waals surface area contributed by atoms with Gasteiger partial charge < -0.3 is 19.8 Å². The average molecular weight is 921 g/mol. The molecule has 2 N–H and O–H groups in total. The van der Waals surface area contributed by atoms with E-state index >= 15 is 0 Å². The van der Waals surface area contributed by atoms with E-state index in [1.807, 2.05) is 24.3 Å². The second-order valence-electron chi connectivity index (χ2n) is 18.9. The molecule has 66 heavy (non-hydrogen) atoms. The van der Waals surface area contributed by atoms with Crippen molar-refractivity contribution in [3.8, 4) is 11.4 Å². The van der Waals surface area contributed by atoms with Crippen LogP contribution in [0.4, 0.5) is 35.1 Å². The molecular formula is C50H48F8N4O4. The maximum atomic E-state index is 13.6. The number of aliphatic hydroxyl groups is 2. The summed E-state index contributed by atoms with van der Waals surface area (Å²) in [5.41, 5.74) is -0.0829. The third-order valence-electron chi connectivity index (χ3n) is 15.4. The highest BCUT2D eigenvalue weighted by Crippen LogP contribution is 2.58. The van der Waals surface area contributed by atoms with Gasteiger partial charge in [0.1, 0.15) is 24.2 Å². The molecule has 4 aromatic carbocycles. The van der Waals surface area contributed by atoms with Crippen LogP contribution in [-0.2, 0) is 33.3 Å². The molecular weight excluding hydrogens is 873 g/mol. The molecule has 0 radical (unpaired) electrons. The average Bonchev–Trinajstić information content (AvgIpc) is 3.81. The van der Waals surface area contributed by atoms with Crippen LogP contribution in [0.25, 0.3) is 33.2 Å². The van der Waals surface area contributed by atoms with Gasteiger partial charge in [0.05, 0.1) is 34.8 Å². The molecule has 6 aromatic rings. The Morgan fingerprint density at radius 1 is 0.591 bits per heavy atom.